The molecule has 1 aromatic carbocycles. The van der Waals surface area contributed by atoms with E-state index in [1.165, 1.54) is 6.07 Å². The van der Waals surface area contributed by atoms with E-state index < -0.39 is 11.9 Å². The van der Waals surface area contributed by atoms with Crippen molar-refractivity contribution < 1.29 is 14.4 Å². The van der Waals surface area contributed by atoms with E-state index in [9.17, 15) is 14.4 Å². The maximum atomic E-state index is 12.9. The Morgan fingerprint density at radius 3 is 2.19 bits per heavy atom. The molecular weight excluding hydrogens is 375 g/mol. The van der Waals surface area contributed by atoms with Gasteiger partial charge < -0.3 is 5.32 Å². The molecule has 0 spiro atoms. The molecule has 1 aliphatic heterocycles. The van der Waals surface area contributed by atoms with Gasteiger partial charge in [0.2, 0.25) is 17.7 Å². The molecule has 0 unspecified atom stereocenters. The number of nitrogens with zero attached hydrogens (tertiary/aromatic N) is 1. The fourth-order valence-corrected chi connectivity index (χ4v) is 4.88. The Bertz CT molecular complexity index is 806. The standard InChI is InChI=1S/C19H18Cl2N2O3/c1-9(17(24)22-14-7-6-12(20)8-13(14)21)23-18(25)15-10-2-3-11(5-4-10)16(15)19(23)26/h2-3,6-11,15-16H,4-5H2,1H3,(H,22,24)/t9-,10+,11+,15-,16+/m1/s1. The second-order valence-corrected chi connectivity index (χ2v) is 8.02. The molecule has 1 saturated heterocycles. The third-order valence-corrected chi connectivity index (χ3v) is 6.30. The van der Waals surface area contributed by atoms with E-state index in [1.807, 2.05) is 0 Å². The average molecular weight is 393 g/mol. The van der Waals surface area contributed by atoms with Crippen molar-refractivity contribution in [2.75, 3.05) is 5.32 Å². The second kappa shape index (κ2) is 6.39. The monoisotopic (exact) mass is 392 g/mol. The lowest BCUT2D eigenvalue weighted by Gasteiger charge is -2.38. The first-order chi connectivity index (χ1) is 12.4. The molecule has 0 radical (unpaired) electrons. The molecule has 5 atom stereocenters. The molecule has 4 aliphatic rings. The van der Waals surface area contributed by atoms with E-state index in [4.69, 9.17) is 23.2 Å². The Kier molecular flexibility index (Phi) is 4.32. The number of allylic oxidation sites excluding steroid dienone is 2. The first kappa shape index (κ1) is 17.6. The molecule has 1 aromatic rings. The lowest BCUT2D eigenvalue weighted by molar-refractivity contribution is -0.146. The number of likely N-dealkylation sites (tertiary alicyclic amines) is 1. The van der Waals surface area contributed by atoms with Crippen LogP contribution in [0.15, 0.2) is 30.4 Å². The van der Waals surface area contributed by atoms with Crippen molar-refractivity contribution in [1.29, 1.82) is 0 Å². The van der Waals surface area contributed by atoms with Gasteiger partial charge in [-0.3, -0.25) is 19.3 Å². The molecule has 3 aliphatic carbocycles. The van der Waals surface area contributed by atoms with Crippen molar-refractivity contribution in [2.45, 2.75) is 25.8 Å². The van der Waals surface area contributed by atoms with Gasteiger partial charge >= 0.3 is 0 Å². The van der Waals surface area contributed by atoms with Crippen molar-refractivity contribution in [2.24, 2.45) is 23.7 Å². The lowest BCUT2D eigenvalue weighted by atomic mass is 9.63. The van der Waals surface area contributed by atoms with Crippen LogP contribution in [0.3, 0.4) is 0 Å². The molecule has 7 heteroatoms. The number of benzene rings is 1. The zero-order valence-corrected chi connectivity index (χ0v) is 15.6. The van der Waals surface area contributed by atoms with Crippen molar-refractivity contribution >= 4 is 46.6 Å². The SMILES string of the molecule is C[C@H](C(=O)Nc1ccc(Cl)cc1Cl)N1C(=O)[C@@H]2[C@H](C1=O)[C@H]1C=C[C@H]2CC1. The van der Waals surface area contributed by atoms with Gasteiger partial charge in [-0.1, -0.05) is 35.4 Å². The van der Waals surface area contributed by atoms with Crippen LogP contribution in [0.1, 0.15) is 19.8 Å². The molecule has 3 amide bonds. The van der Waals surface area contributed by atoms with Gasteiger partial charge in [0.1, 0.15) is 6.04 Å². The molecule has 1 heterocycles. The number of amides is 3. The summed E-state index contributed by atoms with van der Waals surface area (Å²) in [6.07, 6.45) is 5.97. The van der Waals surface area contributed by atoms with Gasteiger partial charge in [0.05, 0.1) is 22.5 Å². The van der Waals surface area contributed by atoms with Crippen LogP contribution in [0, 0.1) is 23.7 Å². The van der Waals surface area contributed by atoms with Crippen molar-refractivity contribution in [3.05, 3.63) is 40.4 Å². The van der Waals surface area contributed by atoms with E-state index in [0.29, 0.717) is 15.7 Å². The highest BCUT2D eigenvalue weighted by molar-refractivity contribution is 6.36. The van der Waals surface area contributed by atoms with Gasteiger partial charge in [-0.2, -0.15) is 0 Å². The number of imide groups is 1. The minimum Gasteiger partial charge on any atom is -0.323 e. The highest BCUT2D eigenvalue weighted by atomic mass is 35.5. The highest BCUT2D eigenvalue weighted by Gasteiger charge is 2.58. The van der Waals surface area contributed by atoms with Crippen molar-refractivity contribution in [3.63, 3.8) is 0 Å². The van der Waals surface area contributed by atoms with Crippen LogP contribution in [0.2, 0.25) is 10.0 Å². The number of anilines is 1. The molecule has 5 nitrogen and oxygen atoms in total. The fourth-order valence-electron chi connectivity index (χ4n) is 4.42. The van der Waals surface area contributed by atoms with Gasteiger partial charge in [0.15, 0.2) is 0 Å². The summed E-state index contributed by atoms with van der Waals surface area (Å²) in [7, 11) is 0. The maximum absolute atomic E-state index is 12.9. The van der Waals surface area contributed by atoms with Crippen LogP contribution in [-0.2, 0) is 14.4 Å². The minimum absolute atomic E-state index is 0.104. The minimum atomic E-state index is -0.897. The van der Waals surface area contributed by atoms with Crippen LogP contribution in [0.5, 0.6) is 0 Å². The van der Waals surface area contributed by atoms with E-state index in [0.717, 1.165) is 17.7 Å². The number of hydrogen-bond donors (Lipinski definition) is 1. The predicted molar refractivity (Wildman–Crippen MR) is 98.7 cm³/mol. The quantitative estimate of drug-likeness (QED) is 0.631. The van der Waals surface area contributed by atoms with Crippen molar-refractivity contribution in [3.8, 4) is 0 Å². The third kappa shape index (κ3) is 2.65. The molecule has 1 N–H and O–H groups in total. The lowest BCUT2D eigenvalue weighted by Crippen LogP contribution is -2.46. The van der Waals surface area contributed by atoms with Gasteiger partial charge in [-0.15, -0.1) is 0 Å². The largest absolute Gasteiger partial charge is 0.323 e. The number of fused-ring (bicyclic) bond motifs is 1. The van der Waals surface area contributed by atoms with E-state index >= 15 is 0 Å². The van der Waals surface area contributed by atoms with Gasteiger partial charge in [0, 0.05) is 5.02 Å². The molecule has 0 aromatic heterocycles. The number of hydrogen-bond acceptors (Lipinski definition) is 3. The van der Waals surface area contributed by atoms with Gasteiger partial charge in [0.25, 0.3) is 0 Å². The summed E-state index contributed by atoms with van der Waals surface area (Å²) in [6.45, 7) is 1.57. The Balaban J connectivity index is 1.54. The maximum Gasteiger partial charge on any atom is 0.247 e. The number of carbonyl (C=O) groups is 3. The summed E-state index contributed by atoms with van der Waals surface area (Å²) in [6, 6.07) is 3.82. The molecule has 136 valence electrons. The number of halogens is 2. The van der Waals surface area contributed by atoms with E-state index in [-0.39, 0.29) is 35.5 Å². The van der Waals surface area contributed by atoms with Crippen LogP contribution < -0.4 is 5.32 Å². The summed E-state index contributed by atoms with van der Waals surface area (Å²) in [5.74, 6) is -1.34. The van der Waals surface area contributed by atoms with Gasteiger partial charge in [-0.05, 0) is 49.8 Å². The number of nitrogens with one attached hydrogen (secondary N) is 1. The smallest absolute Gasteiger partial charge is 0.247 e. The molecule has 2 fully saturated rings. The van der Waals surface area contributed by atoms with Crippen LogP contribution >= 0.6 is 23.2 Å². The second-order valence-electron chi connectivity index (χ2n) is 7.18. The van der Waals surface area contributed by atoms with Crippen molar-refractivity contribution in [1.82, 2.24) is 4.90 Å². The topological polar surface area (TPSA) is 66.5 Å². The van der Waals surface area contributed by atoms with Gasteiger partial charge in [-0.25, -0.2) is 0 Å². The van der Waals surface area contributed by atoms with Crippen LogP contribution in [0.25, 0.3) is 0 Å². The fraction of sp³-hybridized carbons (Fsp3) is 0.421. The molecular formula is C19H18Cl2N2O3. The zero-order chi connectivity index (χ0) is 18.6. The first-order valence-electron chi connectivity index (χ1n) is 8.69. The Hall–Kier alpha value is -1.85. The number of carbonyl (C=O) groups excluding carboxylic acids is 3. The van der Waals surface area contributed by atoms with Crippen LogP contribution in [0.4, 0.5) is 5.69 Å². The summed E-state index contributed by atoms with van der Waals surface area (Å²) < 4.78 is 0. The molecule has 26 heavy (non-hydrogen) atoms. The Labute approximate surface area is 161 Å². The summed E-state index contributed by atoms with van der Waals surface area (Å²) >= 11 is 11.9. The normalized spacial score (nSPS) is 30.5. The Morgan fingerprint density at radius 1 is 1.12 bits per heavy atom. The number of rotatable bonds is 3. The third-order valence-electron chi connectivity index (χ3n) is 5.75. The predicted octanol–water partition coefficient (Wildman–Crippen LogP) is 3.52. The molecule has 2 bridgehead atoms. The summed E-state index contributed by atoms with van der Waals surface area (Å²) in [5, 5.41) is 3.44. The molecule has 5 rings (SSSR count). The van der Waals surface area contributed by atoms with Crippen LogP contribution in [-0.4, -0.2) is 28.7 Å². The van der Waals surface area contributed by atoms with E-state index in [1.54, 1.807) is 19.1 Å². The van der Waals surface area contributed by atoms with E-state index in [2.05, 4.69) is 17.5 Å². The first-order valence-corrected chi connectivity index (χ1v) is 9.45. The highest BCUT2D eigenvalue weighted by Crippen LogP contribution is 2.50. The molecule has 1 saturated carbocycles. The summed E-state index contributed by atoms with van der Waals surface area (Å²) in [5.41, 5.74) is 0.395. The zero-order valence-electron chi connectivity index (χ0n) is 14.1. The average Bonchev–Trinajstić information content (AvgIpc) is 2.91. The summed E-state index contributed by atoms with van der Waals surface area (Å²) in [4.78, 5) is 39.6. The Morgan fingerprint density at radius 2 is 1.69 bits per heavy atom.